The fraction of sp³-hybridized carbons (Fsp3) is 0.333. The Morgan fingerprint density at radius 3 is 2.59 bits per heavy atom. The fourth-order valence-electron chi connectivity index (χ4n) is 5.93. The standard InChI is InChI=1S/C30H32N4O3/c1-3-33-27-7-5-4-6-24(27)25-17-22(9-11-28(25)33)31-29(35)18-32-14-12-23(13-15-32)34-26-10-8-20(2)16-21(26)19-37-30(34)36/h4-11,16-17,23H,3,12-15,18-19H2,1-2H3,(H,31,35). The zero-order valence-corrected chi connectivity index (χ0v) is 21.4. The van der Waals surface area contributed by atoms with Crippen LogP contribution in [0.4, 0.5) is 16.2 Å². The summed E-state index contributed by atoms with van der Waals surface area (Å²) < 4.78 is 7.76. The fourth-order valence-corrected chi connectivity index (χ4v) is 5.93. The molecule has 1 N–H and O–H groups in total. The number of aryl methyl sites for hydroxylation is 2. The molecule has 2 aliphatic heterocycles. The van der Waals surface area contributed by atoms with Gasteiger partial charge in [-0.2, -0.15) is 0 Å². The molecule has 1 aromatic heterocycles. The number of benzene rings is 3. The number of piperidine rings is 1. The van der Waals surface area contributed by atoms with Gasteiger partial charge in [-0.3, -0.25) is 14.6 Å². The van der Waals surface area contributed by atoms with Crippen molar-refractivity contribution in [1.29, 1.82) is 0 Å². The molecule has 7 nitrogen and oxygen atoms in total. The van der Waals surface area contributed by atoms with Crippen LogP contribution in [-0.4, -0.2) is 47.1 Å². The molecular weight excluding hydrogens is 464 g/mol. The molecule has 0 spiro atoms. The first kappa shape index (κ1) is 23.6. The summed E-state index contributed by atoms with van der Waals surface area (Å²) in [5.41, 5.74) is 6.37. The molecule has 3 heterocycles. The molecule has 2 aliphatic rings. The van der Waals surface area contributed by atoms with E-state index in [2.05, 4.69) is 64.2 Å². The van der Waals surface area contributed by atoms with Gasteiger partial charge in [0.15, 0.2) is 0 Å². The molecule has 6 rings (SSSR count). The molecule has 7 heteroatoms. The molecule has 4 aromatic rings. The summed E-state index contributed by atoms with van der Waals surface area (Å²) in [5, 5.41) is 5.45. The summed E-state index contributed by atoms with van der Waals surface area (Å²) >= 11 is 0. The minimum absolute atomic E-state index is 0.0183. The number of rotatable bonds is 5. The van der Waals surface area contributed by atoms with Crippen LogP contribution in [0, 0.1) is 6.92 Å². The maximum Gasteiger partial charge on any atom is 0.414 e. The van der Waals surface area contributed by atoms with Crippen LogP contribution in [0.5, 0.6) is 0 Å². The monoisotopic (exact) mass is 496 g/mol. The van der Waals surface area contributed by atoms with Crippen molar-refractivity contribution in [3.05, 3.63) is 71.8 Å². The summed E-state index contributed by atoms with van der Waals surface area (Å²) in [6.45, 7) is 7.27. The summed E-state index contributed by atoms with van der Waals surface area (Å²) in [7, 11) is 0. The smallest absolute Gasteiger partial charge is 0.414 e. The first-order valence-corrected chi connectivity index (χ1v) is 13.1. The van der Waals surface area contributed by atoms with Gasteiger partial charge in [0.25, 0.3) is 0 Å². The maximum atomic E-state index is 12.9. The molecular formula is C30H32N4O3. The van der Waals surface area contributed by atoms with E-state index in [0.29, 0.717) is 13.2 Å². The number of anilines is 2. The summed E-state index contributed by atoms with van der Waals surface area (Å²) in [5.74, 6) is -0.0183. The third-order valence-corrected chi connectivity index (χ3v) is 7.70. The van der Waals surface area contributed by atoms with Crippen LogP contribution in [-0.2, 0) is 22.7 Å². The number of ether oxygens (including phenoxy) is 1. The molecule has 0 atom stereocenters. The number of carbonyl (C=O) groups is 2. The Kier molecular flexibility index (Phi) is 6.08. The van der Waals surface area contributed by atoms with Crippen LogP contribution in [0.3, 0.4) is 0 Å². The highest BCUT2D eigenvalue weighted by Crippen LogP contribution is 2.33. The number of likely N-dealkylation sites (tertiary alicyclic amines) is 1. The third kappa shape index (κ3) is 4.33. The van der Waals surface area contributed by atoms with Crippen LogP contribution in [0.2, 0.25) is 0 Å². The molecule has 0 radical (unpaired) electrons. The Bertz CT molecular complexity index is 1500. The lowest BCUT2D eigenvalue weighted by molar-refractivity contribution is -0.117. The predicted octanol–water partition coefficient (Wildman–Crippen LogP) is 5.68. The number of hydrogen-bond acceptors (Lipinski definition) is 4. The molecule has 37 heavy (non-hydrogen) atoms. The van der Waals surface area contributed by atoms with E-state index in [4.69, 9.17) is 4.74 Å². The van der Waals surface area contributed by atoms with Gasteiger partial charge in [0, 0.05) is 58.7 Å². The first-order chi connectivity index (χ1) is 18.0. The van der Waals surface area contributed by atoms with Crippen molar-refractivity contribution in [3.63, 3.8) is 0 Å². The average molecular weight is 497 g/mol. The van der Waals surface area contributed by atoms with E-state index in [9.17, 15) is 9.59 Å². The zero-order valence-electron chi connectivity index (χ0n) is 21.4. The first-order valence-electron chi connectivity index (χ1n) is 13.1. The SMILES string of the molecule is CCn1c2ccccc2c2cc(NC(=O)CN3CCC(N4C(=O)OCc5cc(C)ccc54)CC3)ccc21. The number of aromatic nitrogens is 1. The number of hydrogen-bond donors (Lipinski definition) is 1. The van der Waals surface area contributed by atoms with Crippen LogP contribution in [0.25, 0.3) is 21.8 Å². The van der Waals surface area contributed by atoms with Crippen LogP contribution in [0.1, 0.15) is 30.9 Å². The van der Waals surface area contributed by atoms with E-state index in [1.165, 1.54) is 16.4 Å². The number of cyclic esters (lactones) is 1. The van der Waals surface area contributed by atoms with Crippen molar-refractivity contribution in [1.82, 2.24) is 9.47 Å². The maximum absolute atomic E-state index is 12.9. The van der Waals surface area contributed by atoms with Crippen molar-refractivity contribution in [3.8, 4) is 0 Å². The predicted molar refractivity (Wildman–Crippen MR) is 147 cm³/mol. The molecule has 0 bridgehead atoms. The van der Waals surface area contributed by atoms with Gasteiger partial charge in [0.05, 0.1) is 12.2 Å². The molecule has 190 valence electrons. The van der Waals surface area contributed by atoms with E-state index >= 15 is 0 Å². The zero-order chi connectivity index (χ0) is 25.5. The number of nitrogens with one attached hydrogen (secondary N) is 1. The minimum atomic E-state index is -0.271. The largest absolute Gasteiger partial charge is 0.444 e. The summed E-state index contributed by atoms with van der Waals surface area (Å²) in [4.78, 5) is 29.5. The second-order valence-electron chi connectivity index (χ2n) is 10.1. The number of fused-ring (bicyclic) bond motifs is 4. The van der Waals surface area contributed by atoms with Gasteiger partial charge in [-0.25, -0.2) is 4.79 Å². The van der Waals surface area contributed by atoms with Crippen LogP contribution in [0.15, 0.2) is 60.7 Å². The summed E-state index contributed by atoms with van der Waals surface area (Å²) in [6, 6.07) is 20.8. The van der Waals surface area contributed by atoms with Crippen molar-refractivity contribution >= 4 is 45.2 Å². The average Bonchev–Trinajstić information content (AvgIpc) is 3.22. The number of amides is 2. The number of carbonyl (C=O) groups excluding carboxylic acids is 2. The van der Waals surface area contributed by atoms with Crippen molar-refractivity contribution < 1.29 is 14.3 Å². The number of nitrogens with zero attached hydrogens (tertiary/aromatic N) is 3. The molecule has 0 aliphatic carbocycles. The molecule has 2 amide bonds. The van der Waals surface area contributed by atoms with Gasteiger partial charge in [0.2, 0.25) is 5.91 Å². The molecule has 1 saturated heterocycles. The van der Waals surface area contributed by atoms with Gasteiger partial charge < -0.3 is 14.6 Å². The van der Waals surface area contributed by atoms with Gasteiger partial charge in [-0.1, -0.05) is 35.9 Å². The Balaban J connectivity index is 1.11. The molecule has 1 fully saturated rings. The quantitative estimate of drug-likeness (QED) is 0.386. The van der Waals surface area contributed by atoms with Crippen LogP contribution >= 0.6 is 0 Å². The van der Waals surface area contributed by atoms with Gasteiger partial charge in [-0.15, -0.1) is 0 Å². The molecule has 0 saturated carbocycles. The minimum Gasteiger partial charge on any atom is -0.444 e. The van der Waals surface area contributed by atoms with Gasteiger partial charge >= 0.3 is 6.09 Å². The second-order valence-corrected chi connectivity index (χ2v) is 10.1. The van der Waals surface area contributed by atoms with Crippen molar-refractivity contribution in [2.45, 2.75) is 45.9 Å². The third-order valence-electron chi connectivity index (χ3n) is 7.70. The summed E-state index contributed by atoms with van der Waals surface area (Å²) in [6.07, 6.45) is 1.34. The Morgan fingerprint density at radius 2 is 1.78 bits per heavy atom. The number of para-hydroxylation sites is 1. The topological polar surface area (TPSA) is 66.8 Å². The van der Waals surface area contributed by atoms with Gasteiger partial charge in [-0.05, 0) is 57.0 Å². The van der Waals surface area contributed by atoms with Crippen molar-refractivity contribution in [2.75, 3.05) is 29.9 Å². The Morgan fingerprint density at radius 1 is 1.00 bits per heavy atom. The Hall–Kier alpha value is -3.84. The van der Waals surface area contributed by atoms with E-state index in [1.807, 2.05) is 30.0 Å². The normalized spacial score (nSPS) is 16.7. The van der Waals surface area contributed by atoms with Crippen LogP contribution < -0.4 is 10.2 Å². The lowest BCUT2D eigenvalue weighted by Crippen LogP contribution is -2.50. The lowest BCUT2D eigenvalue weighted by Gasteiger charge is -2.40. The molecule has 0 unspecified atom stereocenters. The van der Waals surface area contributed by atoms with Crippen molar-refractivity contribution in [2.24, 2.45) is 0 Å². The molecule has 3 aromatic carbocycles. The highest BCUT2D eigenvalue weighted by atomic mass is 16.6. The van der Waals surface area contributed by atoms with E-state index in [-0.39, 0.29) is 18.0 Å². The van der Waals surface area contributed by atoms with E-state index in [0.717, 1.165) is 60.4 Å². The van der Waals surface area contributed by atoms with Gasteiger partial charge in [0.1, 0.15) is 6.61 Å². The highest BCUT2D eigenvalue weighted by Gasteiger charge is 2.34. The second kappa shape index (κ2) is 9.56. The lowest BCUT2D eigenvalue weighted by atomic mass is 10.00. The Labute approximate surface area is 216 Å². The van der Waals surface area contributed by atoms with E-state index in [1.54, 1.807) is 0 Å². The highest BCUT2D eigenvalue weighted by molar-refractivity contribution is 6.09. The van der Waals surface area contributed by atoms with E-state index < -0.39 is 0 Å².